The van der Waals surface area contributed by atoms with Crippen molar-refractivity contribution in [1.29, 1.82) is 0 Å². The van der Waals surface area contributed by atoms with Gasteiger partial charge in [-0.2, -0.15) is 0 Å². The molecule has 3 nitrogen and oxygen atoms in total. The molecule has 0 aromatic rings. The molecule has 2 N–H and O–H groups in total. The molecule has 0 saturated heterocycles. The van der Waals surface area contributed by atoms with Crippen LogP contribution in [0.3, 0.4) is 0 Å². The summed E-state index contributed by atoms with van der Waals surface area (Å²) in [7, 11) is 0. The van der Waals surface area contributed by atoms with E-state index in [4.69, 9.17) is 0 Å². The van der Waals surface area contributed by atoms with Crippen LogP contribution < -0.4 is 5.32 Å². The van der Waals surface area contributed by atoms with Gasteiger partial charge in [-0.25, -0.2) is 0 Å². The lowest BCUT2D eigenvalue weighted by atomic mass is 10.3. The number of carbonyl (C=O) groups excluding carboxylic acids is 1. The second-order valence-corrected chi connectivity index (χ2v) is 3.67. The normalized spacial score (nSPS) is 19.5. The van der Waals surface area contributed by atoms with Crippen LogP contribution in [0.15, 0.2) is 0 Å². The molecule has 1 fully saturated rings. The van der Waals surface area contributed by atoms with Crippen LogP contribution in [0.1, 0.15) is 25.7 Å². The van der Waals surface area contributed by atoms with Crippen molar-refractivity contribution < 1.29 is 9.90 Å². The predicted octanol–water partition coefficient (Wildman–Crippen LogP) is 0.760. The molecule has 0 atom stereocenters. The Bertz CT molecular complexity index is 157. The minimum absolute atomic E-state index is 0.0514. The first-order valence-electron chi connectivity index (χ1n) is 3.76. The summed E-state index contributed by atoms with van der Waals surface area (Å²) in [5.41, 5.74) is -0.844. The monoisotopic (exact) mass is 221 g/mol. The van der Waals surface area contributed by atoms with Gasteiger partial charge in [0.15, 0.2) is 0 Å². The fourth-order valence-corrected chi connectivity index (χ4v) is 1.07. The first-order valence-corrected chi connectivity index (χ1v) is 4.88. The standard InChI is InChI=1S/C7H12BrNO2/c8-5-1-2-6(10)9-7(11)3-4-7/h11H,1-5H2,(H,9,10). The Balaban J connectivity index is 2.11. The zero-order chi connectivity index (χ0) is 8.32. The average Bonchev–Trinajstić information content (AvgIpc) is 2.63. The highest BCUT2D eigenvalue weighted by Gasteiger charge is 2.41. The summed E-state index contributed by atoms with van der Waals surface area (Å²) < 4.78 is 0. The fraction of sp³-hybridized carbons (Fsp3) is 0.857. The lowest BCUT2D eigenvalue weighted by Crippen LogP contribution is -2.36. The van der Waals surface area contributed by atoms with E-state index in [1.54, 1.807) is 0 Å². The molecule has 64 valence electrons. The second kappa shape index (κ2) is 3.54. The van der Waals surface area contributed by atoms with Crippen LogP contribution >= 0.6 is 15.9 Å². The molecular formula is C7H12BrNO2. The van der Waals surface area contributed by atoms with Crippen molar-refractivity contribution in [3.8, 4) is 0 Å². The molecule has 1 rings (SSSR count). The van der Waals surface area contributed by atoms with Crippen LogP contribution in [0.4, 0.5) is 0 Å². The lowest BCUT2D eigenvalue weighted by molar-refractivity contribution is -0.124. The van der Waals surface area contributed by atoms with Crippen molar-refractivity contribution >= 4 is 21.8 Å². The zero-order valence-electron chi connectivity index (χ0n) is 6.27. The van der Waals surface area contributed by atoms with Gasteiger partial charge in [0, 0.05) is 11.8 Å². The number of hydrogen-bond donors (Lipinski definition) is 2. The van der Waals surface area contributed by atoms with Crippen LogP contribution in [0.25, 0.3) is 0 Å². The van der Waals surface area contributed by atoms with Crippen LogP contribution in [0.5, 0.6) is 0 Å². The molecule has 1 aliphatic carbocycles. The van der Waals surface area contributed by atoms with Crippen molar-refractivity contribution in [3.63, 3.8) is 0 Å². The molecule has 0 unspecified atom stereocenters. The van der Waals surface area contributed by atoms with E-state index in [-0.39, 0.29) is 5.91 Å². The van der Waals surface area contributed by atoms with Gasteiger partial charge in [-0.1, -0.05) is 15.9 Å². The van der Waals surface area contributed by atoms with Crippen LogP contribution in [0, 0.1) is 0 Å². The molecule has 1 aliphatic rings. The van der Waals surface area contributed by atoms with Crippen LogP contribution in [-0.2, 0) is 4.79 Å². The van der Waals surface area contributed by atoms with Crippen molar-refractivity contribution in [1.82, 2.24) is 5.32 Å². The highest BCUT2D eigenvalue weighted by Crippen LogP contribution is 2.31. The zero-order valence-corrected chi connectivity index (χ0v) is 7.85. The molecule has 1 amide bonds. The van der Waals surface area contributed by atoms with E-state index in [1.165, 1.54) is 0 Å². The molecule has 4 heteroatoms. The highest BCUT2D eigenvalue weighted by atomic mass is 79.9. The van der Waals surface area contributed by atoms with Crippen molar-refractivity contribution in [2.45, 2.75) is 31.4 Å². The van der Waals surface area contributed by atoms with Gasteiger partial charge in [0.1, 0.15) is 5.72 Å². The number of alkyl halides is 1. The Morgan fingerprint density at radius 1 is 1.64 bits per heavy atom. The molecule has 0 bridgehead atoms. The van der Waals surface area contributed by atoms with Crippen molar-refractivity contribution in [2.75, 3.05) is 5.33 Å². The summed E-state index contributed by atoms with van der Waals surface area (Å²) in [6.07, 6.45) is 2.72. The largest absolute Gasteiger partial charge is 0.371 e. The van der Waals surface area contributed by atoms with Gasteiger partial charge >= 0.3 is 0 Å². The van der Waals surface area contributed by atoms with Gasteiger partial charge in [0.2, 0.25) is 5.91 Å². The van der Waals surface area contributed by atoms with E-state index < -0.39 is 5.72 Å². The summed E-state index contributed by atoms with van der Waals surface area (Å²) in [6.45, 7) is 0. The summed E-state index contributed by atoms with van der Waals surface area (Å²) >= 11 is 3.23. The third-order valence-electron chi connectivity index (χ3n) is 1.63. The maximum Gasteiger partial charge on any atom is 0.222 e. The maximum atomic E-state index is 11.0. The Labute approximate surface area is 74.3 Å². The third kappa shape index (κ3) is 3.20. The number of carbonyl (C=O) groups is 1. The van der Waals surface area contributed by atoms with Crippen molar-refractivity contribution in [3.05, 3.63) is 0 Å². The predicted molar refractivity (Wildman–Crippen MR) is 45.4 cm³/mol. The number of nitrogens with one attached hydrogen (secondary N) is 1. The van der Waals surface area contributed by atoms with Crippen molar-refractivity contribution in [2.24, 2.45) is 0 Å². The Morgan fingerprint density at radius 2 is 2.27 bits per heavy atom. The Morgan fingerprint density at radius 3 is 2.73 bits per heavy atom. The quantitative estimate of drug-likeness (QED) is 0.545. The molecule has 11 heavy (non-hydrogen) atoms. The molecule has 0 aromatic heterocycles. The van der Waals surface area contributed by atoms with E-state index in [0.29, 0.717) is 19.3 Å². The molecule has 0 spiro atoms. The number of rotatable bonds is 4. The van der Waals surface area contributed by atoms with Gasteiger partial charge in [0.25, 0.3) is 0 Å². The number of aliphatic hydroxyl groups is 1. The minimum atomic E-state index is -0.844. The molecule has 1 saturated carbocycles. The summed E-state index contributed by atoms with van der Waals surface area (Å²) in [5.74, 6) is -0.0514. The smallest absolute Gasteiger partial charge is 0.222 e. The Hall–Kier alpha value is -0.0900. The van der Waals surface area contributed by atoms with E-state index in [1.807, 2.05) is 0 Å². The van der Waals surface area contributed by atoms with Crippen LogP contribution in [-0.4, -0.2) is 22.1 Å². The summed E-state index contributed by atoms with van der Waals surface area (Å²) in [4.78, 5) is 11.0. The van der Waals surface area contributed by atoms with Crippen LogP contribution in [0.2, 0.25) is 0 Å². The molecule has 0 heterocycles. The van der Waals surface area contributed by atoms with E-state index in [0.717, 1.165) is 11.8 Å². The first-order chi connectivity index (χ1) is 5.16. The minimum Gasteiger partial charge on any atom is -0.371 e. The second-order valence-electron chi connectivity index (χ2n) is 2.87. The highest BCUT2D eigenvalue weighted by molar-refractivity contribution is 9.09. The molecule has 0 radical (unpaired) electrons. The number of amides is 1. The third-order valence-corrected chi connectivity index (χ3v) is 2.19. The van der Waals surface area contributed by atoms with Gasteiger partial charge in [-0.15, -0.1) is 0 Å². The van der Waals surface area contributed by atoms with E-state index in [9.17, 15) is 9.90 Å². The average molecular weight is 222 g/mol. The molecular weight excluding hydrogens is 210 g/mol. The Kier molecular flexibility index (Phi) is 2.90. The van der Waals surface area contributed by atoms with Gasteiger partial charge in [-0.05, 0) is 19.3 Å². The topological polar surface area (TPSA) is 49.3 Å². The lowest BCUT2D eigenvalue weighted by Gasteiger charge is -2.09. The molecule has 0 aliphatic heterocycles. The number of halogens is 1. The number of hydrogen-bond acceptors (Lipinski definition) is 2. The van der Waals surface area contributed by atoms with E-state index in [2.05, 4.69) is 21.2 Å². The summed E-state index contributed by atoms with van der Waals surface area (Å²) in [5, 5.41) is 12.6. The SMILES string of the molecule is O=C(CCCBr)NC1(O)CC1. The van der Waals surface area contributed by atoms with Gasteiger partial charge in [-0.3, -0.25) is 4.79 Å². The van der Waals surface area contributed by atoms with Gasteiger partial charge in [0.05, 0.1) is 0 Å². The first kappa shape index (κ1) is 9.00. The van der Waals surface area contributed by atoms with E-state index >= 15 is 0 Å². The molecule has 0 aromatic carbocycles. The maximum absolute atomic E-state index is 11.0. The summed E-state index contributed by atoms with van der Waals surface area (Å²) in [6, 6.07) is 0. The fourth-order valence-electron chi connectivity index (χ4n) is 0.793. The van der Waals surface area contributed by atoms with Gasteiger partial charge < -0.3 is 10.4 Å².